The first-order valence-electron chi connectivity index (χ1n) is 10.3. The first kappa shape index (κ1) is 21.8. The molecule has 0 aliphatic carbocycles. The van der Waals surface area contributed by atoms with E-state index in [4.69, 9.17) is 0 Å². The predicted molar refractivity (Wildman–Crippen MR) is 122 cm³/mol. The number of carbonyl (C=O) groups is 2. The molecule has 2 N–H and O–H groups in total. The topological polar surface area (TPSA) is 110 Å². The summed E-state index contributed by atoms with van der Waals surface area (Å²) in [5.41, 5.74) is 3.68. The number of aromatic nitrogens is 2. The predicted octanol–water partition coefficient (Wildman–Crippen LogP) is 3.90. The van der Waals surface area contributed by atoms with Crippen LogP contribution in [0.2, 0.25) is 0 Å². The van der Waals surface area contributed by atoms with Crippen molar-refractivity contribution in [2.45, 2.75) is 44.9 Å². The summed E-state index contributed by atoms with van der Waals surface area (Å²) in [5.74, 6) is -0.299. The van der Waals surface area contributed by atoms with E-state index in [1.807, 2.05) is 19.1 Å². The summed E-state index contributed by atoms with van der Waals surface area (Å²) in [6.45, 7) is 5.44. The number of hydrogen-bond donors (Lipinski definition) is 2. The Kier molecular flexibility index (Phi) is 5.60. The maximum Gasteiger partial charge on any atom is 0.262 e. The van der Waals surface area contributed by atoms with Crippen LogP contribution in [0.3, 0.4) is 0 Å². The van der Waals surface area contributed by atoms with Crippen LogP contribution in [-0.4, -0.2) is 30.0 Å². The SMILES string of the molecule is CCc1cccc(NS(=O)(=O)c2cc(-c3c(C)nn4c3NC(=O)CCC4=O)ccc2C)c1. The monoisotopic (exact) mass is 452 g/mol. The van der Waals surface area contributed by atoms with Crippen LogP contribution in [0.4, 0.5) is 11.5 Å². The Labute approximate surface area is 186 Å². The number of nitrogens with one attached hydrogen (secondary N) is 2. The lowest BCUT2D eigenvalue weighted by atomic mass is 10.0. The van der Waals surface area contributed by atoms with E-state index < -0.39 is 10.0 Å². The average Bonchev–Trinajstić information content (AvgIpc) is 3.00. The van der Waals surface area contributed by atoms with Gasteiger partial charge in [-0.15, -0.1) is 0 Å². The van der Waals surface area contributed by atoms with E-state index in [1.54, 1.807) is 44.2 Å². The zero-order chi connectivity index (χ0) is 23.0. The van der Waals surface area contributed by atoms with Crippen LogP contribution in [0.15, 0.2) is 47.4 Å². The largest absolute Gasteiger partial charge is 0.310 e. The van der Waals surface area contributed by atoms with Crippen molar-refractivity contribution in [1.82, 2.24) is 9.78 Å². The lowest BCUT2D eigenvalue weighted by Gasteiger charge is -2.13. The fourth-order valence-corrected chi connectivity index (χ4v) is 5.12. The van der Waals surface area contributed by atoms with Gasteiger partial charge in [-0.25, -0.2) is 8.42 Å². The number of aryl methyl sites for hydroxylation is 3. The molecule has 1 aliphatic rings. The van der Waals surface area contributed by atoms with E-state index in [-0.39, 0.29) is 35.4 Å². The molecule has 1 amide bonds. The van der Waals surface area contributed by atoms with Crippen LogP contribution in [-0.2, 0) is 21.2 Å². The maximum atomic E-state index is 13.2. The second-order valence-electron chi connectivity index (χ2n) is 7.80. The second kappa shape index (κ2) is 8.23. The third-order valence-electron chi connectivity index (χ3n) is 5.47. The zero-order valence-corrected chi connectivity index (χ0v) is 18.9. The average molecular weight is 453 g/mol. The first-order chi connectivity index (χ1) is 15.2. The first-order valence-corrected chi connectivity index (χ1v) is 11.8. The van der Waals surface area contributed by atoms with Crippen LogP contribution in [0.5, 0.6) is 0 Å². The number of nitrogens with zero attached hydrogens (tertiary/aromatic N) is 2. The Bertz CT molecular complexity index is 1340. The molecule has 166 valence electrons. The van der Waals surface area contributed by atoms with E-state index in [2.05, 4.69) is 15.1 Å². The van der Waals surface area contributed by atoms with Gasteiger partial charge in [-0.05, 0) is 55.2 Å². The fourth-order valence-electron chi connectivity index (χ4n) is 3.80. The molecule has 0 spiro atoms. The summed E-state index contributed by atoms with van der Waals surface area (Å²) in [5, 5.41) is 7.03. The second-order valence-corrected chi connectivity index (χ2v) is 9.45. The number of hydrogen-bond acceptors (Lipinski definition) is 5. The lowest BCUT2D eigenvalue weighted by molar-refractivity contribution is -0.116. The molecular weight excluding hydrogens is 428 g/mol. The molecule has 0 unspecified atom stereocenters. The van der Waals surface area contributed by atoms with Crippen LogP contribution in [0, 0.1) is 13.8 Å². The Morgan fingerprint density at radius 3 is 2.62 bits per heavy atom. The minimum atomic E-state index is -3.88. The molecule has 32 heavy (non-hydrogen) atoms. The number of fused-ring (bicyclic) bond motifs is 1. The van der Waals surface area contributed by atoms with E-state index >= 15 is 0 Å². The highest BCUT2D eigenvalue weighted by molar-refractivity contribution is 7.92. The van der Waals surface area contributed by atoms with E-state index in [0.717, 1.165) is 12.0 Å². The molecule has 2 aromatic carbocycles. The van der Waals surface area contributed by atoms with Crippen molar-refractivity contribution in [2.24, 2.45) is 0 Å². The van der Waals surface area contributed by atoms with Gasteiger partial charge in [0.05, 0.1) is 10.6 Å². The van der Waals surface area contributed by atoms with Gasteiger partial charge < -0.3 is 5.32 Å². The molecule has 3 aromatic rings. The summed E-state index contributed by atoms with van der Waals surface area (Å²) in [6.07, 6.45) is 0.934. The van der Waals surface area contributed by atoms with Gasteiger partial charge in [0.2, 0.25) is 11.8 Å². The molecule has 2 heterocycles. The number of carbonyl (C=O) groups excluding carboxylic acids is 2. The minimum absolute atomic E-state index is 0.0632. The standard InChI is InChI=1S/C23H24N4O4S/c1-4-16-6-5-7-18(12-16)26-32(30,31)19-13-17(9-8-14(19)2)22-15(3)25-27-21(29)11-10-20(28)24-23(22)27/h5-9,12-13,26H,4,10-11H2,1-3H3,(H,24,28). The minimum Gasteiger partial charge on any atom is -0.310 e. The number of rotatable bonds is 5. The summed E-state index contributed by atoms with van der Waals surface area (Å²) >= 11 is 0. The highest BCUT2D eigenvalue weighted by Gasteiger charge is 2.27. The van der Waals surface area contributed by atoms with Gasteiger partial charge >= 0.3 is 0 Å². The molecular formula is C23H24N4O4S. The summed E-state index contributed by atoms with van der Waals surface area (Å²) in [4.78, 5) is 24.6. The van der Waals surface area contributed by atoms with Gasteiger partial charge in [0, 0.05) is 24.1 Å². The third kappa shape index (κ3) is 4.03. The summed E-state index contributed by atoms with van der Waals surface area (Å²) in [7, 11) is -3.88. The molecule has 8 nitrogen and oxygen atoms in total. The molecule has 9 heteroatoms. The number of sulfonamides is 1. The number of anilines is 2. The lowest BCUT2D eigenvalue weighted by Crippen LogP contribution is -2.15. The molecule has 0 radical (unpaired) electrons. The molecule has 0 atom stereocenters. The highest BCUT2D eigenvalue weighted by atomic mass is 32.2. The van der Waals surface area contributed by atoms with Crippen LogP contribution in [0.1, 0.15) is 41.4 Å². The quantitative estimate of drug-likeness (QED) is 0.610. The molecule has 0 saturated heterocycles. The number of amides is 1. The van der Waals surface area contributed by atoms with Crippen LogP contribution < -0.4 is 10.0 Å². The zero-order valence-electron chi connectivity index (χ0n) is 18.1. The van der Waals surface area contributed by atoms with Crippen molar-refractivity contribution in [3.63, 3.8) is 0 Å². The van der Waals surface area contributed by atoms with Crippen molar-refractivity contribution in [1.29, 1.82) is 0 Å². The van der Waals surface area contributed by atoms with Crippen molar-refractivity contribution in [3.05, 3.63) is 59.3 Å². The molecule has 1 aromatic heterocycles. The van der Waals surface area contributed by atoms with Gasteiger partial charge in [-0.3, -0.25) is 14.3 Å². The van der Waals surface area contributed by atoms with Gasteiger partial charge in [0.25, 0.3) is 10.0 Å². The van der Waals surface area contributed by atoms with Crippen molar-refractivity contribution < 1.29 is 18.0 Å². The van der Waals surface area contributed by atoms with Crippen LogP contribution in [0.25, 0.3) is 11.1 Å². The summed E-state index contributed by atoms with van der Waals surface area (Å²) in [6, 6.07) is 12.3. The van der Waals surface area contributed by atoms with Crippen LogP contribution >= 0.6 is 0 Å². The third-order valence-corrected chi connectivity index (χ3v) is 7.00. The fraction of sp³-hybridized carbons (Fsp3) is 0.261. The number of benzene rings is 2. The van der Waals surface area contributed by atoms with E-state index in [0.29, 0.717) is 28.1 Å². The molecule has 0 bridgehead atoms. The smallest absolute Gasteiger partial charge is 0.262 e. The van der Waals surface area contributed by atoms with E-state index in [1.165, 1.54) is 4.68 Å². The summed E-state index contributed by atoms with van der Waals surface area (Å²) < 4.78 is 30.3. The highest BCUT2D eigenvalue weighted by Crippen LogP contribution is 2.35. The van der Waals surface area contributed by atoms with Gasteiger partial charge in [-0.2, -0.15) is 9.78 Å². The van der Waals surface area contributed by atoms with Crippen molar-refractivity contribution in [3.8, 4) is 11.1 Å². The van der Waals surface area contributed by atoms with Gasteiger partial charge in [-0.1, -0.05) is 31.2 Å². The van der Waals surface area contributed by atoms with Crippen molar-refractivity contribution in [2.75, 3.05) is 10.0 Å². The molecule has 4 rings (SSSR count). The van der Waals surface area contributed by atoms with Gasteiger partial charge in [0.15, 0.2) is 0 Å². The Morgan fingerprint density at radius 1 is 1.09 bits per heavy atom. The van der Waals surface area contributed by atoms with E-state index in [9.17, 15) is 18.0 Å². The maximum absolute atomic E-state index is 13.2. The Morgan fingerprint density at radius 2 is 1.88 bits per heavy atom. The Balaban J connectivity index is 1.79. The molecule has 0 fully saturated rings. The molecule has 0 saturated carbocycles. The van der Waals surface area contributed by atoms with Gasteiger partial charge in [0.1, 0.15) is 5.82 Å². The molecule has 1 aliphatic heterocycles. The van der Waals surface area contributed by atoms with Crippen molar-refractivity contribution >= 4 is 33.3 Å². The Hall–Kier alpha value is -3.46. The normalized spacial score (nSPS) is 14.0.